The van der Waals surface area contributed by atoms with E-state index in [0.717, 1.165) is 39.3 Å². The van der Waals surface area contributed by atoms with Crippen molar-refractivity contribution in [2.24, 2.45) is 0 Å². The minimum atomic E-state index is -0.204. The van der Waals surface area contributed by atoms with Crippen LogP contribution in [0.1, 0.15) is 27.2 Å². The molecule has 0 bridgehead atoms. The first-order chi connectivity index (χ1) is 9.12. The molecule has 1 aliphatic heterocycles. The summed E-state index contributed by atoms with van der Waals surface area (Å²) in [6, 6.07) is 0.456. The van der Waals surface area contributed by atoms with E-state index in [0.29, 0.717) is 6.04 Å². The van der Waals surface area contributed by atoms with Crippen LogP contribution >= 0.6 is 0 Å². The molecule has 0 aromatic heterocycles. The third-order valence-corrected chi connectivity index (χ3v) is 4.00. The third kappa shape index (κ3) is 5.09. The van der Waals surface area contributed by atoms with E-state index in [9.17, 15) is 4.79 Å². The number of carbonyl (C=O) groups excluding carboxylic acids is 1. The lowest BCUT2D eigenvalue weighted by Gasteiger charge is -2.38. The molecule has 1 rings (SSSR count). The van der Waals surface area contributed by atoms with Crippen LogP contribution in [0.4, 0.5) is 0 Å². The largest absolute Gasteiger partial charge is 0.468 e. The molecule has 1 saturated heterocycles. The van der Waals surface area contributed by atoms with Gasteiger partial charge in [-0.05, 0) is 19.9 Å². The fourth-order valence-corrected chi connectivity index (χ4v) is 2.51. The molecule has 1 fully saturated rings. The number of methoxy groups -OCH3 is 1. The molecular weight excluding hydrogens is 242 g/mol. The number of nitrogens with zero attached hydrogens (tertiary/aromatic N) is 2. The van der Waals surface area contributed by atoms with Crippen LogP contribution in [-0.4, -0.2) is 74.2 Å². The van der Waals surface area contributed by atoms with E-state index in [1.54, 1.807) is 0 Å². The number of piperazine rings is 1. The van der Waals surface area contributed by atoms with Crippen molar-refractivity contribution in [1.29, 1.82) is 0 Å². The summed E-state index contributed by atoms with van der Waals surface area (Å²) in [4.78, 5) is 16.5. The highest BCUT2D eigenvalue weighted by atomic mass is 16.5. The normalized spacial score (nSPS) is 21.1. The van der Waals surface area contributed by atoms with Crippen LogP contribution in [0.15, 0.2) is 0 Å². The number of ether oxygens (including phenoxy) is 1. The van der Waals surface area contributed by atoms with Crippen molar-refractivity contribution >= 4 is 5.97 Å². The van der Waals surface area contributed by atoms with Gasteiger partial charge in [-0.1, -0.05) is 13.8 Å². The number of hydrogen-bond acceptors (Lipinski definition) is 5. The fraction of sp³-hybridized carbons (Fsp3) is 0.929. The van der Waals surface area contributed by atoms with Crippen LogP contribution in [0.25, 0.3) is 0 Å². The first-order valence-electron chi connectivity index (χ1n) is 7.39. The predicted octanol–water partition coefficient (Wildman–Crippen LogP) is 0.554. The quantitative estimate of drug-likeness (QED) is 0.685. The predicted molar refractivity (Wildman–Crippen MR) is 77.2 cm³/mol. The van der Waals surface area contributed by atoms with Gasteiger partial charge in [-0.2, -0.15) is 0 Å². The molecule has 0 aromatic carbocycles. The molecule has 0 aromatic rings. The van der Waals surface area contributed by atoms with Gasteiger partial charge in [0.1, 0.15) is 6.04 Å². The second kappa shape index (κ2) is 8.51. The number of esters is 1. The first-order valence-corrected chi connectivity index (χ1v) is 7.39. The van der Waals surface area contributed by atoms with E-state index in [1.165, 1.54) is 13.5 Å². The highest BCUT2D eigenvalue weighted by Gasteiger charge is 2.25. The summed E-state index contributed by atoms with van der Waals surface area (Å²) in [6.07, 6.45) is 1.20. The van der Waals surface area contributed by atoms with Crippen LogP contribution in [0, 0.1) is 0 Å². The first kappa shape index (κ1) is 16.4. The van der Waals surface area contributed by atoms with E-state index < -0.39 is 0 Å². The van der Waals surface area contributed by atoms with E-state index in [2.05, 4.69) is 29.0 Å². The number of likely N-dealkylation sites (N-methyl/N-ethyl adjacent to an activating group) is 1. The van der Waals surface area contributed by atoms with Gasteiger partial charge in [0.15, 0.2) is 0 Å². The second-order valence-electron chi connectivity index (χ2n) is 5.23. The molecule has 19 heavy (non-hydrogen) atoms. The van der Waals surface area contributed by atoms with Crippen molar-refractivity contribution in [3.8, 4) is 0 Å². The lowest BCUT2D eigenvalue weighted by Crippen LogP contribution is -2.54. The van der Waals surface area contributed by atoms with E-state index >= 15 is 0 Å². The SMILES string of the molecule is CCNC(CN1CCN(C(C)CC)CC1)C(=O)OC. The zero-order valence-electron chi connectivity index (χ0n) is 12.8. The van der Waals surface area contributed by atoms with E-state index in [4.69, 9.17) is 4.74 Å². The van der Waals surface area contributed by atoms with Gasteiger partial charge >= 0.3 is 5.97 Å². The number of carbonyl (C=O) groups is 1. The molecule has 0 spiro atoms. The summed E-state index contributed by atoms with van der Waals surface area (Å²) < 4.78 is 4.84. The third-order valence-electron chi connectivity index (χ3n) is 4.00. The molecule has 2 atom stereocenters. The number of hydrogen-bond donors (Lipinski definition) is 1. The Bertz CT molecular complexity index is 265. The summed E-state index contributed by atoms with van der Waals surface area (Å²) in [6.45, 7) is 12.3. The van der Waals surface area contributed by atoms with Crippen LogP contribution in [0.5, 0.6) is 0 Å². The van der Waals surface area contributed by atoms with Gasteiger partial charge in [0.05, 0.1) is 7.11 Å². The van der Waals surface area contributed by atoms with Crippen LogP contribution in [0.2, 0.25) is 0 Å². The highest BCUT2D eigenvalue weighted by molar-refractivity contribution is 5.75. The average molecular weight is 271 g/mol. The van der Waals surface area contributed by atoms with Gasteiger partial charge in [-0.15, -0.1) is 0 Å². The standard InChI is InChI=1S/C14H29N3O2/c1-5-12(3)17-9-7-16(8-10-17)11-13(15-6-2)14(18)19-4/h12-13,15H,5-11H2,1-4H3. The maximum absolute atomic E-state index is 11.7. The summed E-state index contributed by atoms with van der Waals surface area (Å²) in [5.41, 5.74) is 0. The Kier molecular flexibility index (Phi) is 7.34. The summed E-state index contributed by atoms with van der Waals surface area (Å²) >= 11 is 0. The highest BCUT2D eigenvalue weighted by Crippen LogP contribution is 2.09. The van der Waals surface area contributed by atoms with Crippen molar-refractivity contribution in [3.63, 3.8) is 0 Å². The minimum Gasteiger partial charge on any atom is -0.468 e. The van der Waals surface area contributed by atoms with Crippen LogP contribution in [-0.2, 0) is 9.53 Å². The van der Waals surface area contributed by atoms with Crippen LogP contribution in [0.3, 0.4) is 0 Å². The molecule has 1 aliphatic rings. The Morgan fingerprint density at radius 2 is 1.89 bits per heavy atom. The Hall–Kier alpha value is -0.650. The fourth-order valence-electron chi connectivity index (χ4n) is 2.51. The molecule has 5 heteroatoms. The number of nitrogens with one attached hydrogen (secondary N) is 1. The topological polar surface area (TPSA) is 44.8 Å². The van der Waals surface area contributed by atoms with Gasteiger partial charge in [0.2, 0.25) is 0 Å². The number of rotatable bonds is 7. The van der Waals surface area contributed by atoms with Gasteiger partial charge < -0.3 is 10.1 Å². The summed E-state index contributed by atoms with van der Waals surface area (Å²) in [5.74, 6) is -0.161. The average Bonchev–Trinajstić information content (AvgIpc) is 2.46. The second-order valence-corrected chi connectivity index (χ2v) is 5.23. The minimum absolute atomic E-state index is 0.161. The molecule has 2 unspecified atom stereocenters. The Morgan fingerprint density at radius 1 is 1.26 bits per heavy atom. The summed E-state index contributed by atoms with van der Waals surface area (Å²) in [7, 11) is 1.45. The molecule has 0 radical (unpaired) electrons. The smallest absolute Gasteiger partial charge is 0.324 e. The Morgan fingerprint density at radius 3 is 2.37 bits per heavy atom. The molecule has 1 heterocycles. The monoisotopic (exact) mass is 271 g/mol. The Balaban J connectivity index is 2.39. The molecule has 0 aliphatic carbocycles. The van der Waals surface area contributed by atoms with Crippen molar-refractivity contribution in [2.45, 2.75) is 39.3 Å². The zero-order valence-corrected chi connectivity index (χ0v) is 12.8. The van der Waals surface area contributed by atoms with E-state index in [1.807, 2.05) is 6.92 Å². The maximum atomic E-state index is 11.7. The molecule has 0 amide bonds. The van der Waals surface area contributed by atoms with Gasteiger partial charge in [0.25, 0.3) is 0 Å². The Labute approximate surface area is 117 Å². The zero-order chi connectivity index (χ0) is 14.3. The van der Waals surface area contributed by atoms with Gasteiger partial charge in [0, 0.05) is 38.8 Å². The van der Waals surface area contributed by atoms with Crippen molar-refractivity contribution in [1.82, 2.24) is 15.1 Å². The maximum Gasteiger partial charge on any atom is 0.324 e. The van der Waals surface area contributed by atoms with Crippen molar-refractivity contribution in [2.75, 3.05) is 46.4 Å². The van der Waals surface area contributed by atoms with Gasteiger partial charge in [-0.25, -0.2) is 0 Å². The van der Waals surface area contributed by atoms with E-state index in [-0.39, 0.29) is 12.0 Å². The lowest BCUT2D eigenvalue weighted by atomic mass is 10.1. The van der Waals surface area contributed by atoms with Crippen molar-refractivity contribution in [3.05, 3.63) is 0 Å². The summed E-state index contributed by atoms with van der Waals surface area (Å²) in [5, 5.41) is 3.20. The molecular formula is C14H29N3O2. The lowest BCUT2D eigenvalue weighted by molar-refractivity contribution is -0.143. The van der Waals surface area contributed by atoms with Crippen LogP contribution < -0.4 is 5.32 Å². The molecule has 5 nitrogen and oxygen atoms in total. The molecule has 0 saturated carbocycles. The van der Waals surface area contributed by atoms with Crippen molar-refractivity contribution < 1.29 is 9.53 Å². The molecule has 112 valence electrons. The van der Waals surface area contributed by atoms with Gasteiger partial charge in [-0.3, -0.25) is 14.6 Å². The molecule has 1 N–H and O–H groups in total.